The van der Waals surface area contributed by atoms with E-state index in [0.717, 1.165) is 11.3 Å². The number of hydrogen-bond donors (Lipinski definition) is 3. The zero-order valence-electron chi connectivity index (χ0n) is 7.41. The molecule has 12 heavy (non-hydrogen) atoms. The molecule has 0 saturated carbocycles. The van der Waals surface area contributed by atoms with Gasteiger partial charge in [-0.25, -0.2) is 0 Å². The van der Waals surface area contributed by atoms with Crippen LogP contribution in [0.15, 0.2) is 24.3 Å². The quantitative estimate of drug-likeness (QED) is 0.627. The molecule has 0 fully saturated rings. The third-order valence-corrected chi connectivity index (χ3v) is 2.19. The fourth-order valence-electron chi connectivity index (χ4n) is 0.943. The summed E-state index contributed by atoms with van der Waals surface area (Å²) in [5.74, 6) is 0. The van der Waals surface area contributed by atoms with Crippen molar-refractivity contribution in [3.05, 3.63) is 29.8 Å². The summed E-state index contributed by atoms with van der Waals surface area (Å²) in [5.41, 5.74) is 2.08. The minimum absolute atomic E-state index is 0.103. The van der Waals surface area contributed by atoms with Gasteiger partial charge in [0.15, 0.2) is 0 Å². The number of aliphatic hydroxyl groups excluding tert-OH is 1. The van der Waals surface area contributed by atoms with Crippen LogP contribution in [0.2, 0.25) is 0 Å². The Bertz CT molecular complexity index is 233. The van der Waals surface area contributed by atoms with Gasteiger partial charge in [0.1, 0.15) is 0 Å². The van der Waals surface area contributed by atoms with Crippen LogP contribution < -0.4 is 4.72 Å². The third-order valence-electron chi connectivity index (χ3n) is 1.49. The number of hydrogen-bond acceptors (Lipinski definition) is 2. The lowest BCUT2D eigenvalue weighted by molar-refractivity contribution is 0.282. The van der Waals surface area contributed by atoms with E-state index in [1.807, 2.05) is 24.3 Å². The molecule has 0 unspecified atom stereocenters. The number of anilines is 1. The Morgan fingerprint density at radius 2 is 1.83 bits per heavy atom. The van der Waals surface area contributed by atoms with Crippen LogP contribution >= 0.6 is 11.1 Å². The van der Waals surface area contributed by atoms with E-state index >= 15 is 0 Å². The molecule has 3 heteroatoms. The van der Waals surface area contributed by atoms with E-state index < -0.39 is 0 Å². The van der Waals surface area contributed by atoms with Gasteiger partial charge in [-0.1, -0.05) is 12.1 Å². The molecule has 0 aliphatic rings. The molecule has 0 spiro atoms. The van der Waals surface area contributed by atoms with Gasteiger partial charge in [0.2, 0.25) is 0 Å². The van der Waals surface area contributed by atoms with E-state index in [1.54, 1.807) is 0 Å². The van der Waals surface area contributed by atoms with Gasteiger partial charge in [-0.05, 0) is 30.2 Å². The molecule has 1 aromatic rings. The number of aliphatic hydroxyl groups is 1. The standard InChI is InChI=1S/C9H15NOS/c1-12(2)10-9-5-3-8(7-11)4-6-9/h3-6,10-12H,7H2,1-2H3. The molecule has 1 aromatic carbocycles. The number of thiol groups is 1. The van der Waals surface area contributed by atoms with Gasteiger partial charge in [0, 0.05) is 5.69 Å². The first-order chi connectivity index (χ1) is 5.72. The Labute approximate surface area is 76.1 Å². The van der Waals surface area contributed by atoms with Gasteiger partial charge in [0.05, 0.1) is 6.61 Å². The van der Waals surface area contributed by atoms with Crippen LogP contribution in [0.4, 0.5) is 5.69 Å². The van der Waals surface area contributed by atoms with Gasteiger partial charge in [0.25, 0.3) is 0 Å². The van der Waals surface area contributed by atoms with Crippen molar-refractivity contribution in [3.63, 3.8) is 0 Å². The summed E-state index contributed by atoms with van der Waals surface area (Å²) in [6, 6.07) is 7.85. The SMILES string of the molecule is C[SH](C)Nc1ccc(CO)cc1. The first-order valence-electron chi connectivity index (χ1n) is 3.86. The molecule has 68 valence electrons. The largest absolute Gasteiger partial charge is 0.392 e. The molecular weight excluding hydrogens is 170 g/mol. The molecule has 1 rings (SSSR count). The zero-order valence-corrected chi connectivity index (χ0v) is 8.31. The van der Waals surface area contributed by atoms with Crippen LogP contribution in [0, 0.1) is 0 Å². The molecular formula is C9H15NOS. The molecule has 0 radical (unpaired) electrons. The smallest absolute Gasteiger partial charge is 0.0681 e. The number of nitrogens with one attached hydrogen (secondary N) is 1. The van der Waals surface area contributed by atoms with Crippen molar-refractivity contribution in [2.24, 2.45) is 0 Å². The van der Waals surface area contributed by atoms with E-state index in [2.05, 4.69) is 17.2 Å². The lowest BCUT2D eigenvalue weighted by Crippen LogP contribution is -1.92. The molecule has 0 aromatic heterocycles. The maximum atomic E-state index is 8.79. The summed E-state index contributed by atoms with van der Waals surface area (Å²) in [6.45, 7) is 0.118. The zero-order chi connectivity index (χ0) is 8.97. The fraction of sp³-hybridized carbons (Fsp3) is 0.333. The lowest BCUT2D eigenvalue weighted by Gasteiger charge is -2.13. The van der Waals surface area contributed by atoms with E-state index in [1.165, 1.54) is 0 Å². The Morgan fingerprint density at radius 1 is 1.25 bits per heavy atom. The minimum Gasteiger partial charge on any atom is -0.392 e. The predicted molar refractivity (Wildman–Crippen MR) is 56.8 cm³/mol. The van der Waals surface area contributed by atoms with Crippen molar-refractivity contribution in [2.45, 2.75) is 6.61 Å². The van der Waals surface area contributed by atoms with Gasteiger partial charge in [-0.3, -0.25) is 0 Å². The molecule has 0 aliphatic carbocycles. The molecule has 2 N–H and O–H groups in total. The Hall–Kier alpha value is -0.670. The van der Waals surface area contributed by atoms with Gasteiger partial charge in [-0.2, -0.15) is 11.1 Å². The maximum absolute atomic E-state index is 8.79. The predicted octanol–water partition coefficient (Wildman–Crippen LogP) is 1.77. The molecule has 0 saturated heterocycles. The molecule has 0 amide bonds. The molecule has 0 heterocycles. The first kappa shape index (κ1) is 9.42. The fourth-order valence-corrected chi connectivity index (χ4v) is 1.61. The highest BCUT2D eigenvalue weighted by molar-refractivity contribution is 8.16. The van der Waals surface area contributed by atoms with E-state index in [9.17, 15) is 0 Å². The summed E-state index contributed by atoms with van der Waals surface area (Å²) >= 11 is -0.103. The average molecular weight is 185 g/mol. The Kier molecular flexibility index (Phi) is 3.44. The molecule has 0 aliphatic heterocycles. The third kappa shape index (κ3) is 2.75. The van der Waals surface area contributed by atoms with E-state index in [-0.39, 0.29) is 17.7 Å². The Balaban J connectivity index is 2.65. The summed E-state index contributed by atoms with van der Waals surface area (Å²) in [6.07, 6.45) is 4.32. The normalized spacial score (nSPS) is 11.1. The second-order valence-corrected chi connectivity index (χ2v) is 4.87. The monoisotopic (exact) mass is 185 g/mol. The van der Waals surface area contributed by atoms with Crippen LogP contribution in [-0.2, 0) is 6.61 Å². The highest BCUT2D eigenvalue weighted by Crippen LogP contribution is 2.19. The van der Waals surface area contributed by atoms with Gasteiger partial charge < -0.3 is 9.83 Å². The summed E-state index contributed by atoms with van der Waals surface area (Å²) in [5, 5.41) is 8.79. The van der Waals surface area contributed by atoms with E-state index in [0.29, 0.717) is 0 Å². The summed E-state index contributed by atoms with van der Waals surface area (Å²) in [4.78, 5) is 0. The van der Waals surface area contributed by atoms with Crippen molar-refractivity contribution < 1.29 is 5.11 Å². The van der Waals surface area contributed by atoms with Crippen LogP contribution in [0.3, 0.4) is 0 Å². The molecule has 2 nitrogen and oxygen atoms in total. The first-order valence-corrected chi connectivity index (χ1v) is 6.10. The summed E-state index contributed by atoms with van der Waals surface area (Å²) < 4.78 is 3.34. The maximum Gasteiger partial charge on any atom is 0.0681 e. The summed E-state index contributed by atoms with van der Waals surface area (Å²) in [7, 11) is 0. The highest BCUT2D eigenvalue weighted by atomic mass is 32.2. The van der Waals surface area contributed by atoms with Crippen molar-refractivity contribution in [3.8, 4) is 0 Å². The van der Waals surface area contributed by atoms with Gasteiger partial charge in [-0.15, -0.1) is 0 Å². The van der Waals surface area contributed by atoms with Crippen molar-refractivity contribution >= 4 is 16.8 Å². The van der Waals surface area contributed by atoms with Crippen LogP contribution in [0.5, 0.6) is 0 Å². The minimum atomic E-state index is -0.103. The number of benzene rings is 1. The Morgan fingerprint density at radius 3 is 2.25 bits per heavy atom. The number of rotatable bonds is 3. The lowest BCUT2D eigenvalue weighted by atomic mass is 10.2. The van der Waals surface area contributed by atoms with Crippen LogP contribution in [-0.4, -0.2) is 17.6 Å². The van der Waals surface area contributed by atoms with E-state index in [4.69, 9.17) is 5.11 Å². The average Bonchev–Trinajstić information content (AvgIpc) is 2.05. The van der Waals surface area contributed by atoms with Crippen molar-refractivity contribution in [2.75, 3.05) is 17.2 Å². The second kappa shape index (κ2) is 4.38. The second-order valence-electron chi connectivity index (χ2n) is 2.86. The molecule has 0 atom stereocenters. The van der Waals surface area contributed by atoms with Crippen LogP contribution in [0.1, 0.15) is 5.56 Å². The van der Waals surface area contributed by atoms with Crippen LogP contribution in [0.25, 0.3) is 0 Å². The topological polar surface area (TPSA) is 32.3 Å². The molecule has 0 bridgehead atoms. The van der Waals surface area contributed by atoms with Crippen molar-refractivity contribution in [1.82, 2.24) is 0 Å². The highest BCUT2D eigenvalue weighted by Gasteiger charge is 1.92. The van der Waals surface area contributed by atoms with Gasteiger partial charge >= 0.3 is 0 Å². The van der Waals surface area contributed by atoms with Crippen molar-refractivity contribution in [1.29, 1.82) is 0 Å².